The number of nitrogens with one attached hydrogen (secondary N) is 1. The average Bonchev–Trinajstić information content (AvgIpc) is 2.98. The second-order valence-electron chi connectivity index (χ2n) is 6.11. The molecule has 1 N–H and O–H groups in total. The summed E-state index contributed by atoms with van der Waals surface area (Å²) >= 11 is 0. The third-order valence-electron chi connectivity index (χ3n) is 4.05. The molecule has 6 nitrogen and oxygen atoms in total. The second kappa shape index (κ2) is 7.13. The van der Waals surface area contributed by atoms with Crippen LogP contribution in [-0.4, -0.2) is 25.5 Å². The Balaban J connectivity index is 1.79. The second-order valence-corrected chi connectivity index (χ2v) is 6.11. The lowest BCUT2D eigenvalue weighted by Gasteiger charge is -2.10. The van der Waals surface area contributed by atoms with Crippen molar-refractivity contribution in [2.45, 2.75) is 32.9 Å². The summed E-state index contributed by atoms with van der Waals surface area (Å²) in [4.78, 5) is 19.5. The van der Waals surface area contributed by atoms with Crippen LogP contribution in [0.15, 0.2) is 18.2 Å². The molecular weight excluding hydrogens is 385 g/mol. The fourth-order valence-corrected chi connectivity index (χ4v) is 2.78. The van der Waals surface area contributed by atoms with Gasteiger partial charge in [0.25, 0.3) is 11.6 Å². The molecule has 0 bridgehead atoms. The fourth-order valence-electron chi connectivity index (χ4n) is 2.78. The molecule has 11 heteroatoms. The van der Waals surface area contributed by atoms with Crippen molar-refractivity contribution in [3.05, 3.63) is 52.6 Å². The van der Waals surface area contributed by atoms with E-state index in [0.29, 0.717) is 23.0 Å². The number of carbonyl (C=O) groups is 1. The first kappa shape index (κ1) is 19.6. The number of aryl methyl sites for hydroxylation is 2. The van der Waals surface area contributed by atoms with E-state index in [2.05, 4.69) is 20.4 Å². The number of anilines is 1. The highest BCUT2D eigenvalue weighted by atomic mass is 19.4. The van der Waals surface area contributed by atoms with Gasteiger partial charge in [0, 0.05) is 29.6 Å². The van der Waals surface area contributed by atoms with Crippen LogP contribution in [0.25, 0.3) is 5.78 Å². The van der Waals surface area contributed by atoms with Gasteiger partial charge in [-0.2, -0.15) is 18.2 Å². The molecule has 2 aromatic heterocycles. The lowest BCUT2D eigenvalue weighted by molar-refractivity contribution is -0.144. The highest BCUT2D eigenvalue weighted by molar-refractivity contribution is 5.90. The number of fused-ring (bicyclic) bond motifs is 1. The average molecular weight is 399 g/mol. The van der Waals surface area contributed by atoms with Crippen LogP contribution in [-0.2, 0) is 17.4 Å². The van der Waals surface area contributed by atoms with E-state index >= 15 is 0 Å². The lowest BCUT2D eigenvalue weighted by atomic mass is 10.1. The first-order chi connectivity index (χ1) is 13.0. The van der Waals surface area contributed by atoms with Crippen LogP contribution in [0.5, 0.6) is 0 Å². The highest BCUT2D eigenvalue weighted by Gasteiger charge is 2.36. The quantitative estimate of drug-likeness (QED) is 0.681. The zero-order chi connectivity index (χ0) is 20.6. The molecule has 148 valence electrons. The van der Waals surface area contributed by atoms with Crippen LogP contribution in [0, 0.1) is 25.5 Å². The van der Waals surface area contributed by atoms with Crippen LogP contribution < -0.4 is 5.32 Å². The maximum Gasteiger partial charge on any atom is 0.453 e. The monoisotopic (exact) mass is 399 g/mol. The van der Waals surface area contributed by atoms with Crippen molar-refractivity contribution >= 4 is 17.4 Å². The molecule has 0 saturated heterocycles. The molecule has 0 aliphatic heterocycles. The van der Waals surface area contributed by atoms with E-state index in [4.69, 9.17) is 0 Å². The molecular formula is C17H14F5N5O. The fraction of sp³-hybridized carbons (Fsp3) is 0.294. The maximum atomic E-state index is 13.2. The van der Waals surface area contributed by atoms with E-state index < -0.39 is 29.5 Å². The summed E-state index contributed by atoms with van der Waals surface area (Å²) in [6.45, 7) is 3.13. The number of rotatable bonds is 4. The van der Waals surface area contributed by atoms with Gasteiger partial charge in [0.1, 0.15) is 11.6 Å². The van der Waals surface area contributed by atoms with Crippen LogP contribution in [0.2, 0.25) is 0 Å². The van der Waals surface area contributed by atoms with Gasteiger partial charge in [-0.15, -0.1) is 5.10 Å². The van der Waals surface area contributed by atoms with E-state index in [0.717, 1.165) is 16.6 Å². The van der Waals surface area contributed by atoms with Crippen LogP contribution in [0.3, 0.4) is 0 Å². The van der Waals surface area contributed by atoms with Gasteiger partial charge < -0.3 is 5.32 Å². The number of nitrogens with zero attached hydrogens (tertiary/aromatic N) is 4. The minimum Gasteiger partial charge on any atom is -0.326 e. The summed E-state index contributed by atoms with van der Waals surface area (Å²) in [6.07, 6.45) is -4.63. The number of aromatic nitrogens is 4. The predicted octanol–water partition coefficient (Wildman–Crippen LogP) is 3.61. The minimum absolute atomic E-state index is 0.0318. The van der Waals surface area contributed by atoms with Crippen molar-refractivity contribution in [3.8, 4) is 0 Å². The Hall–Kier alpha value is -3.11. The first-order valence-electron chi connectivity index (χ1n) is 8.10. The molecule has 0 fully saturated rings. The van der Waals surface area contributed by atoms with Gasteiger partial charge in [0.05, 0.1) is 0 Å². The molecule has 28 heavy (non-hydrogen) atoms. The van der Waals surface area contributed by atoms with Gasteiger partial charge in [-0.05, 0) is 38.0 Å². The van der Waals surface area contributed by atoms with Crippen LogP contribution in [0.4, 0.5) is 27.6 Å². The Morgan fingerprint density at radius 1 is 1.11 bits per heavy atom. The highest BCUT2D eigenvalue weighted by Crippen LogP contribution is 2.27. The zero-order valence-electron chi connectivity index (χ0n) is 14.7. The summed E-state index contributed by atoms with van der Waals surface area (Å²) in [5.74, 6) is -3.67. The summed E-state index contributed by atoms with van der Waals surface area (Å²) in [5.41, 5.74) is 1.29. The van der Waals surface area contributed by atoms with Crippen molar-refractivity contribution in [3.63, 3.8) is 0 Å². The van der Waals surface area contributed by atoms with E-state index in [9.17, 15) is 26.7 Å². The number of carbonyl (C=O) groups excluding carboxylic acids is 1. The molecule has 3 rings (SSSR count). The number of halogens is 5. The van der Waals surface area contributed by atoms with E-state index in [1.807, 2.05) is 0 Å². The molecule has 0 saturated carbocycles. The number of amides is 1. The lowest BCUT2D eigenvalue weighted by Crippen LogP contribution is -2.14. The third-order valence-corrected chi connectivity index (χ3v) is 4.05. The molecule has 1 aromatic carbocycles. The molecule has 2 heterocycles. The minimum atomic E-state index is -4.70. The van der Waals surface area contributed by atoms with Gasteiger partial charge in [-0.1, -0.05) is 0 Å². The summed E-state index contributed by atoms with van der Waals surface area (Å²) in [5, 5.41) is 5.80. The Labute approximate surface area is 155 Å². The van der Waals surface area contributed by atoms with Crippen LogP contribution >= 0.6 is 0 Å². The van der Waals surface area contributed by atoms with Crippen molar-refractivity contribution in [1.82, 2.24) is 19.6 Å². The zero-order valence-corrected chi connectivity index (χ0v) is 14.7. The smallest absolute Gasteiger partial charge is 0.326 e. The topological polar surface area (TPSA) is 72.2 Å². The number of benzene rings is 1. The van der Waals surface area contributed by atoms with E-state index in [1.165, 1.54) is 0 Å². The summed E-state index contributed by atoms with van der Waals surface area (Å²) in [7, 11) is 0. The van der Waals surface area contributed by atoms with Gasteiger partial charge in [0.2, 0.25) is 5.91 Å². The third kappa shape index (κ3) is 4.07. The van der Waals surface area contributed by atoms with Crippen molar-refractivity contribution in [1.29, 1.82) is 0 Å². The summed E-state index contributed by atoms with van der Waals surface area (Å²) in [6, 6.07) is 2.62. The number of hydrogen-bond donors (Lipinski definition) is 1. The normalized spacial score (nSPS) is 11.8. The van der Waals surface area contributed by atoms with Gasteiger partial charge in [-0.3, -0.25) is 4.79 Å². The molecule has 0 atom stereocenters. The van der Waals surface area contributed by atoms with Crippen molar-refractivity contribution in [2.24, 2.45) is 0 Å². The Kier molecular flexibility index (Phi) is 5.01. The SMILES string of the molecule is Cc1nc2nc(C(F)(F)F)nn2c(C)c1CCC(=O)Nc1cc(F)cc(F)c1. The predicted molar refractivity (Wildman–Crippen MR) is 88.6 cm³/mol. The maximum absolute atomic E-state index is 13.2. The molecule has 1 amide bonds. The molecule has 0 aliphatic rings. The summed E-state index contributed by atoms with van der Waals surface area (Å²) < 4.78 is 65.7. The standard InChI is InChI=1S/C17H14F5N5O/c1-8-13(3-4-14(28)24-12-6-10(18)5-11(19)7-12)9(2)27-16(23-8)25-15(26-27)17(20,21)22/h5-7H,3-4H2,1-2H3,(H,24,28). The van der Waals surface area contributed by atoms with Crippen molar-refractivity contribution < 1.29 is 26.7 Å². The molecule has 0 aliphatic carbocycles. The molecule has 3 aromatic rings. The van der Waals surface area contributed by atoms with Gasteiger partial charge in [-0.25, -0.2) is 18.3 Å². The molecule has 0 unspecified atom stereocenters. The molecule has 0 spiro atoms. The van der Waals surface area contributed by atoms with E-state index in [1.54, 1.807) is 13.8 Å². The largest absolute Gasteiger partial charge is 0.453 e. The van der Waals surface area contributed by atoms with Gasteiger partial charge in [0.15, 0.2) is 0 Å². The molecule has 0 radical (unpaired) electrons. The van der Waals surface area contributed by atoms with Crippen molar-refractivity contribution in [2.75, 3.05) is 5.32 Å². The van der Waals surface area contributed by atoms with Crippen LogP contribution in [0.1, 0.15) is 29.2 Å². The number of hydrogen-bond acceptors (Lipinski definition) is 4. The first-order valence-corrected chi connectivity index (χ1v) is 8.10. The Bertz CT molecular complexity index is 1040. The Morgan fingerprint density at radius 3 is 2.36 bits per heavy atom. The Morgan fingerprint density at radius 2 is 1.75 bits per heavy atom. The van der Waals surface area contributed by atoms with Gasteiger partial charge >= 0.3 is 6.18 Å². The van der Waals surface area contributed by atoms with E-state index in [-0.39, 0.29) is 24.3 Å². The number of alkyl halides is 3.